The molecule has 2 fully saturated rings. The van der Waals surface area contributed by atoms with Gasteiger partial charge < -0.3 is 25.2 Å². The fourth-order valence-electron chi connectivity index (χ4n) is 4.95. The van der Waals surface area contributed by atoms with Crippen molar-refractivity contribution in [2.24, 2.45) is 0 Å². The van der Waals surface area contributed by atoms with Gasteiger partial charge in [-0.15, -0.1) is 0 Å². The third kappa shape index (κ3) is 5.98. The number of carbonyl (C=O) groups is 4. The Morgan fingerprint density at radius 2 is 1.69 bits per heavy atom. The Bertz CT molecular complexity index is 965. The standard InChI is InChI=1S/C26H37N3O7/c1-17(30)20(22(32)33)27-23(34)26(18-9-6-5-7-10-18)12-15-28(16-13-26)21(31)19-11-8-14-29(19)24(35)36-25(2,3)4/h5-7,9-10,17,19-20,30H,8,11-16H2,1-4H3,(H,27,34)(H,32,33)/t17?,19-,20-/m0/s1. The molecule has 1 aromatic rings. The van der Waals surface area contributed by atoms with Gasteiger partial charge >= 0.3 is 12.1 Å². The Kier molecular flexibility index (Phi) is 8.28. The summed E-state index contributed by atoms with van der Waals surface area (Å²) in [7, 11) is 0. The second kappa shape index (κ2) is 10.9. The molecule has 0 spiro atoms. The van der Waals surface area contributed by atoms with E-state index in [-0.39, 0.29) is 31.8 Å². The lowest BCUT2D eigenvalue weighted by atomic mass is 9.71. The van der Waals surface area contributed by atoms with Gasteiger partial charge in [-0.1, -0.05) is 30.3 Å². The van der Waals surface area contributed by atoms with Gasteiger partial charge in [-0.05, 0) is 58.9 Å². The average Bonchev–Trinajstić information content (AvgIpc) is 3.31. The third-order valence-corrected chi connectivity index (χ3v) is 6.89. The molecule has 0 aromatic heterocycles. The van der Waals surface area contributed by atoms with E-state index in [1.807, 2.05) is 30.3 Å². The van der Waals surface area contributed by atoms with Crippen LogP contribution in [0.5, 0.6) is 0 Å². The van der Waals surface area contributed by atoms with Crippen molar-refractivity contribution in [2.45, 2.75) is 82.6 Å². The van der Waals surface area contributed by atoms with E-state index in [2.05, 4.69) is 5.32 Å². The fraction of sp³-hybridized carbons (Fsp3) is 0.615. The molecule has 198 valence electrons. The number of hydrogen-bond acceptors (Lipinski definition) is 6. The first kappa shape index (κ1) is 27.4. The van der Waals surface area contributed by atoms with Crippen LogP contribution in [0.1, 0.15) is 58.9 Å². The highest BCUT2D eigenvalue weighted by molar-refractivity contribution is 5.92. The summed E-state index contributed by atoms with van der Waals surface area (Å²) in [5, 5.41) is 21.8. The minimum absolute atomic E-state index is 0.173. The second-order valence-corrected chi connectivity index (χ2v) is 10.6. The van der Waals surface area contributed by atoms with Gasteiger partial charge in [0.15, 0.2) is 6.04 Å². The molecule has 0 radical (unpaired) electrons. The van der Waals surface area contributed by atoms with Crippen LogP contribution in [0.3, 0.4) is 0 Å². The first-order valence-corrected chi connectivity index (χ1v) is 12.4. The fourth-order valence-corrected chi connectivity index (χ4v) is 4.95. The number of aliphatic carboxylic acids is 1. The monoisotopic (exact) mass is 503 g/mol. The van der Waals surface area contributed by atoms with Crippen molar-refractivity contribution in [3.8, 4) is 0 Å². The molecule has 2 saturated heterocycles. The Hall–Kier alpha value is -3.14. The maximum atomic E-state index is 13.5. The Morgan fingerprint density at radius 3 is 2.22 bits per heavy atom. The maximum absolute atomic E-state index is 13.5. The molecule has 10 heteroatoms. The minimum Gasteiger partial charge on any atom is -0.480 e. The maximum Gasteiger partial charge on any atom is 0.410 e. The quantitative estimate of drug-likeness (QED) is 0.539. The van der Waals surface area contributed by atoms with E-state index in [9.17, 15) is 29.4 Å². The summed E-state index contributed by atoms with van der Waals surface area (Å²) in [4.78, 5) is 54.3. The number of amides is 3. The van der Waals surface area contributed by atoms with Crippen molar-refractivity contribution in [3.05, 3.63) is 35.9 Å². The van der Waals surface area contributed by atoms with E-state index in [0.29, 0.717) is 19.4 Å². The number of hydrogen-bond donors (Lipinski definition) is 3. The van der Waals surface area contributed by atoms with E-state index in [0.717, 1.165) is 5.56 Å². The third-order valence-electron chi connectivity index (χ3n) is 6.89. The summed E-state index contributed by atoms with van der Waals surface area (Å²) in [5.74, 6) is -1.99. The van der Waals surface area contributed by atoms with Gasteiger partial charge in [0.1, 0.15) is 11.6 Å². The van der Waals surface area contributed by atoms with E-state index in [1.54, 1.807) is 25.7 Å². The Morgan fingerprint density at radius 1 is 1.08 bits per heavy atom. The predicted octanol–water partition coefficient (Wildman–Crippen LogP) is 1.90. The SMILES string of the molecule is CC(O)[C@H](NC(=O)C1(c2ccccc2)CCN(C(=O)[C@@H]2CCCN2C(=O)OC(C)(C)C)CC1)C(=O)O. The number of benzene rings is 1. The molecule has 3 amide bonds. The number of nitrogens with one attached hydrogen (secondary N) is 1. The van der Waals surface area contributed by atoms with Crippen LogP contribution < -0.4 is 5.32 Å². The largest absolute Gasteiger partial charge is 0.480 e. The average molecular weight is 504 g/mol. The molecule has 2 aliphatic rings. The molecule has 0 aliphatic carbocycles. The molecule has 3 atom stereocenters. The molecule has 1 unspecified atom stereocenters. The molecule has 3 N–H and O–H groups in total. The number of nitrogens with zero attached hydrogens (tertiary/aromatic N) is 2. The lowest BCUT2D eigenvalue weighted by Gasteiger charge is -2.42. The van der Waals surface area contributed by atoms with Crippen molar-refractivity contribution in [2.75, 3.05) is 19.6 Å². The summed E-state index contributed by atoms with van der Waals surface area (Å²) in [5.41, 5.74) is -0.997. The predicted molar refractivity (Wildman–Crippen MR) is 131 cm³/mol. The number of likely N-dealkylation sites (tertiary alicyclic amines) is 2. The van der Waals surface area contributed by atoms with Gasteiger partial charge in [0, 0.05) is 19.6 Å². The zero-order chi connectivity index (χ0) is 26.7. The van der Waals surface area contributed by atoms with Gasteiger partial charge in [0.2, 0.25) is 11.8 Å². The summed E-state index contributed by atoms with van der Waals surface area (Å²) in [6.07, 6.45) is 0.0247. The van der Waals surface area contributed by atoms with Crippen LogP contribution in [0.4, 0.5) is 4.79 Å². The van der Waals surface area contributed by atoms with Gasteiger partial charge in [-0.25, -0.2) is 9.59 Å². The first-order chi connectivity index (χ1) is 16.9. The van der Waals surface area contributed by atoms with Gasteiger partial charge in [-0.3, -0.25) is 14.5 Å². The number of piperidine rings is 1. The number of ether oxygens (including phenoxy) is 1. The number of carbonyl (C=O) groups excluding carboxylic acids is 3. The van der Waals surface area contributed by atoms with Gasteiger partial charge in [0.05, 0.1) is 11.5 Å². The lowest BCUT2D eigenvalue weighted by molar-refractivity contribution is -0.146. The summed E-state index contributed by atoms with van der Waals surface area (Å²) < 4.78 is 5.48. The van der Waals surface area contributed by atoms with Crippen LogP contribution in [-0.2, 0) is 24.5 Å². The van der Waals surface area contributed by atoms with Crippen molar-refractivity contribution < 1.29 is 34.1 Å². The van der Waals surface area contributed by atoms with E-state index in [1.165, 1.54) is 11.8 Å². The topological polar surface area (TPSA) is 136 Å². The molecule has 0 saturated carbocycles. The van der Waals surface area contributed by atoms with Crippen LogP contribution in [0, 0.1) is 0 Å². The van der Waals surface area contributed by atoms with Crippen LogP contribution in [0.25, 0.3) is 0 Å². The molecule has 2 heterocycles. The van der Waals surface area contributed by atoms with Crippen molar-refractivity contribution in [3.63, 3.8) is 0 Å². The molecular formula is C26H37N3O7. The summed E-state index contributed by atoms with van der Waals surface area (Å²) >= 11 is 0. The van der Waals surface area contributed by atoms with Crippen LogP contribution in [0.15, 0.2) is 30.3 Å². The zero-order valence-electron chi connectivity index (χ0n) is 21.4. The zero-order valence-corrected chi connectivity index (χ0v) is 21.4. The highest BCUT2D eigenvalue weighted by Gasteiger charge is 2.47. The van der Waals surface area contributed by atoms with E-state index < -0.39 is 47.2 Å². The number of aliphatic hydroxyl groups excluding tert-OH is 1. The molecule has 3 rings (SSSR count). The van der Waals surface area contributed by atoms with Crippen LogP contribution >= 0.6 is 0 Å². The molecule has 36 heavy (non-hydrogen) atoms. The van der Waals surface area contributed by atoms with Crippen LogP contribution in [-0.4, -0.2) is 87.3 Å². The highest BCUT2D eigenvalue weighted by atomic mass is 16.6. The normalized spacial score (nSPS) is 21.4. The molecule has 10 nitrogen and oxygen atoms in total. The summed E-state index contributed by atoms with van der Waals surface area (Å²) in [6, 6.07) is 7.02. The van der Waals surface area contributed by atoms with E-state index in [4.69, 9.17) is 4.74 Å². The Balaban J connectivity index is 1.77. The number of rotatable bonds is 6. The molecule has 0 bridgehead atoms. The van der Waals surface area contributed by atoms with Crippen molar-refractivity contribution >= 4 is 23.9 Å². The number of carboxylic acids is 1. The second-order valence-electron chi connectivity index (χ2n) is 10.6. The molecule has 2 aliphatic heterocycles. The smallest absolute Gasteiger partial charge is 0.410 e. The van der Waals surface area contributed by atoms with Crippen molar-refractivity contribution in [1.29, 1.82) is 0 Å². The Labute approximate surface area is 211 Å². The minimum atomic E-state index is -1.45. The molecular weight excluding hydrogens is 466 g/mol. The van der Waals surface area contributed by atoms with Crippen LogP contribution in [0.2, 0.25) is 0 Å². The first-order valence-electron chi connectivity index (χ1n) is 12.4. The van der Waals surface area contributed by atoms with Crippen molar-refractivity contribution in [1.82, 2.24) is 15.1 Å². The van der Waals surface area contributed by atoms with Gasteiger partial charge in [-0.2, -0.15) is 0 Å². The number of carboxylic acid groups (broad SMARTS) is 1. The van der Waals surface area contributed by atoms with E-state index >= 15 is 0 Å². The lowest BCUT2D eigenvalue weighted by Crippen LogP contribution is -2.59. The summed E-state index contributed by atoms with van der Waals surface area (Å²) in [6.45, 7) is 7.65. The number of aliphatic hydroxyl groups is 1. The molecule has 1 aromatic carbocycles. The highest BCUT2D eigenvalue weighted by Crippen LogP contribution is 2.37. The van der Waals surface area contributed by atoms with Gasteiger partial charge in [0.25, 0.3) is 0 Å².